The van der Waals surface area contributed by atoms with Gasteiger partial charge in [-0.3, -0.25) is 0 Å². The van der Waals surface area contributed by atoms with Crippen LogP contribution in [0.4, 0.5) is 11.4 Å². The molecule has 38 heavy (non-hydrogen) atoms. The summed E-state index contributed by atoms with van der Waals surface area (Å²) in [6.07, 6.45) is 17.0. The van der Waals surface area contributed by atoms with Crippen molar-refractivity contribution in [3.63, 3.8) is 0 Å². The van der Waals surface area contributed by atoms with Crippen LogP contribution in [0.3, 0.4) is 0 Å². The quantitative estimate of drug-likeness (QED) is 0.177. The fourth-order valence-corrected chi connectivity index (χ4v) is 3.92. The summed E-state index contributed by atoms with van der Waals surface area (Å²) in [5, 5.41) is 0. The summed E-state index contributed by atoms with van der Waals surface area (Å²) in [5.41, 5.74) is 7.40. The molecule has 0 saturated carbocycles. The molecule has 2 aromatic heterocycles. The Bertz CT molecular complexity index is 1190. The van der Waals surface area contributed by atoms with E-state index >= 15 is 0 Å². The topological polar surface area (TPSA) is 14.2 Å². The molecule has 2 heterocycles. The Hall–Kier alpha value is -3.22. The highest BCUT2D eigenvalue weighted by Gasteiger charge is 2.04. The van der Waals surface area contributed by atoms with Crippen LogP contribution in [0, 0.1) is 0 Å². The van der Waals surface area contributed by atoms with Crippen LogP contribution in [0.1, 0.15) is 22.3 Å². The smallest absolute Gasteiger partial charge is 0.173 e. The first-order valence-electron chi connectivity index (χ1n) is 12.3. The van der Waals surface area contributed by atoms with Gasteiger partial charge in [0.15, 0.2) is 37.9 Å². The van der Waals surface area contributed by atoms with E-state index in [9.17, 15) is 0 Å². The third-order valence-electron chi connectivity index (χ3n) is 6.16. The Morgan fingerprint density at radius 1 is 0.500 bits per heavy atom. The molecule has 0 amide bonds. The maximum Gasteiger partial charge on any atom is 0.173 e. The molecule has 0 bridgehead atoms. The van der Waals surface area contributed by atoms with Crippen molar-refractivity contribution in [1.82, 2.24) is 0 Å². The number of allylic oxidation sites excluding steroid dienone is 2. The molecule has 4 rings (SSSR count). The molecule has 0 spiro atoms. The van der Waals surface area contributed by atoms with E-state index in [2.05, 4.69) is 169 Å². The Balaban J connectivity index is 0.00000253. The third kappa shape index (κ3) is 9.26. The van der Waals surface area contributed by atoms with E-state index in [1.165, 1.54) is 33.6 Å². The SMILES string of the molecule is CN(C)c1ccc(C[n+]2ccc(C=CC=Cc3cc[n+](Cc4ccc(N(C)C)cc4)cc3)cc2)cc1.[Br-].[Br-]. The van der Waals surface area contributed by atoms with Crippen molar-refractivity contribution in [2.45, 2.75) is 13.1 Å². The van der Waals surface area contributed by atoms with Crippen molar-refractivity contribution in [2.24, 2.45) is 0 Å². The molecule has 0 N–H and O–H groups in total. The average molecular weight is 636 g/mol. The highest BCUT2D eigenvalue weighted by molar-refractivity contribution is 5.56. The summed E-state index contributed by atoms with van der Waals surface area (Å²) in [7, 11) is 8.25. The predicted molar refractivity (Wildman–Crippen MR) is 151 cm³/mol. The molecule has 0 aliphatic rings. The second-order valence-corrected chi connectivity index (χ2v) is 9.45. The number of hydrogen-bond donors (Lipinski definition) is 0. The zero-order chi connectivity index (χ0) is 25.3. The number of aromatic nitrogens is 2. The van der Waals surface area contributed by atoms with Gasteiger partial charge in [-0.15, -0.1) is 0 Å². The maximum absolute atomic E-state index is 2.20. The number of nitrogens with zero attached hydrogens (tertiary/aromatic N) is 4. The Morgan fingerprint density at radius 2 is 0.816 bits per heavy atom. The van der Waals surface area contributed by atoms with Gasteiger partial charge in [-0.2, -0.15) is 0 Å². The number of halogens is 2. The number of hydrogen-bond acceptors (Lipinski definition) is 2. The summed E-state index contributed by atoms with van der Waals surface area (Å²) >= 11 is 0. The van der Waals surface area contributed by atoms with E-state index in [4.69, 9.17) is 0 Å². The number of pyridine rings is 2. The highest BCUT2D eigenvalue weighted by Crippen LogP contribution is 2.13. The summed E-state index contributed by atoms with van der Waals surface area (Å²) < 4.78 is 4.40. The van der Waals surface area contributed by atoms with Crippen LogP contribution in [0.15, 0.2) is 110 Å². The van der Waals surface area contributed by atoms with Gasteiger partial charge in [0.25, 0.3) is 0 Å². The zero-order valence-electron chi connectivity index (χ0n) is 22.5. The first-order valence-corrected chi connectivity index (χ1v) is 12.3. The zero-order valence-corrected chi connectivity index (χ0v) is 25.7. The van der Waals surface area contributed by atoms with Crippen LogP contribution < -0.4 is 52.9 Å². The first-order chi connectivity index (χ1) is 17.5. The molecule has 0 atom stereocenters. The summed E-state index contributed by atoms with van der Waals surface area (Å²) in [4.78, 5) is 4.24. The van der Waals surface area contributed by atoms with E-state index in [0.717, 1.165) is 13.1 Å². The van der Waals surface area contributed by atoms with Gasteiger partial charge in [0.05, 0.1) is 0 Å². The second kappa shape index (κ2) is 15.3. The second-order valence-electron chi connectivity index (χ2n) is 9.45. The summed E-state index contributed by atoms with van der Waals surface area (Å²) in [6.45, 7) is 1.74. The van der Waals surface area contributed by atoms with Gasteiger partial charge in [-0.1, -0.05) is 48.6 Å². The lowest BCUT2D eigenvalue weighted by Gasteiger charge is -2.11. The van der Waals surface area contributed by atoms with Gasteiger partial charge in [0, 0.05) is 75.0 Å². The minimum absolute atomic E-state index is 0. The van der Waals surface area contributed by atoms with E-state index in [1.807, 2.05) is 0 Å². The molecular formula is C32H36Br2N4. The van der Waals surface area contributed by atoms with Crippen molar-refractivity contribution in [3.05, 3.63) is 132 Å². The van der Waals surface area contributed by atoms with Crippen LogP contribution in [0.2, 0.25) is 0 Å². The fourth-order valence-electron chi connectivity index (χ4n) is 3.92. The normalized spacial score (nSPS) is 10.7. The molecule has 6 heteroatoms. The number of benzene rings is 2. The number of rotatable bonds is 9. The van der Waals surface area contributed by atoms with Crippen molar-refractivity contribution in [1.29, 1.82) is 0 Å². The van der Waals surface area contributed by atoms with E-state index in [0.29, 0.717) is 0 Å². The molecule has 0 saturated heterocycles. The van der Waals surface area contributed by atoms with Crippen molar-refractivity contribution >= 4 is 23.5 Å². The molecule has 0 aliphatic carbocycles. The molecule has 2 aromatic carbocycles. The third-order valence-corrected chi connectivity index (χ3v) is 6.16. The molecule has 0 aliphatic heterocycles. The van der Waals surface area contributed by atoms with E-state index in [1.54, 1.807) is 0 Å². The van der Waals surface area contributed by atoms with Gasteiger partial charge in [0.1, 0.15) is 0 Å². The van der Waals surface area contributed by atoms with Crippen LogP contribution >= 0.6 is 0 Å². The molecule has 198 valence electrons. The van der Waals surface area contributed by atoms with Gasteiger partial charge >= 0.3 is 0 Å². The van der Waals surface area contributed by atoms with Crippen molar-refractivity contribution < 1.29 is 43.1 Å². The van der Waals surface area contributed by atoms with Crippen LogP contribution in [-0.4, -0.2) is 28.2 Å². The minimum atomic E-state index is 0. The average Bonchev–Trinajstić information content (AvgIpc) is 2.89. The molecule has 4 nitrogen and oxygen atoms in total. The van der Waals surface area contributed by atoms with Crippen LogP contribution in [0.5, 0.6) is 0 Å². The van der Waals surface area contributed by atoms with Gasteiger partial charge in [0.2, 0.25) is 0 Å². The van der Waals surface area contributed by atoms with Crippen molar-refractivity contribution in [3.8, 4) is 0 Å². The Labute approximate surface area is 248 Å². The molecule has 0 fully saturated rings. The monoisotopic (exact) mass is 634 g/mol. The lowest BCUT2D eigenvalue weighted by Crippen LogP contribution is -3.00. The Morgan fingerprint density at radius 3 is 1.11 bits per heavy atom. The minimum Gasteiger partial charge on any atom is -1.00 e. The predicted octanol–water partition coefficient (Wildman–Crippen LogP) is -0.775. The van der Waals surface area contributed by atoms with Gasteiger partial charge < -0.3 is 43.8 Å². The highest BCUT2D eigenvalue weighted by atomic mass is 79.9. The standard InChI is InChI=1S/C32H36N4.2BrH/c1-33(2)31-13-9-29(10-14-31)25-35-21-17-27(18-22-35)7-5-6-8-28-19-23-36(24-20-28)26-30-11-15-32(16-12-30)34(3)4;;/h5-24H,25-26H2,1-4H3;2*1H/q+2;;/p-2. The van der Waals surface area contributed by atoms with Crippen molar-refractivity contribution in [2.75, 3.05) is 38.0 Å². The lowest BCUT2D eigenvalue weighted by atomic mass is 10.2. The summed E-state index contributed by atoms with van der Waals surface area (Å²) in [5.74, 6) is 0. The van der Waals surface area contributed by atoms with Gasteiger partial charge in [-0.25, -0.2) is 9.13 Å². The van der Waals surface area contributed by atoms with E-state index < -0.39 is 0 Å². The fraction of sp³-hybridized carbons (Fsp3) is 0.188. The summed E-state index contributed by atoms with van der Waals surface area (Å²) in [6, 6.07) is 26.0. The molecule has 4 aromatic rings. The molecular weight excluding hydrogens is 600 g/mol. The lowest BCUT2D eigenvalue weighted by molar-refractivity contribution is -0.688. The maximum atomic E-state index is 2.20. The van der Waals surface area contributed by atoms with Crippen LogP contribution in [-0.2, 0) is 13.1 Å². The van der Waals surface area contributed by atoms with Crippen LogP contribution in [0.25, 0.3) is 12.2 Å². The van der Waals surface area contributed by atoms with E-state index in [-0.39, 0.29) is 34.0 Å². The number of anilines is 2. The first kappa shape index (κ1) is 31.0. The Kier molecular flexibility index (Phi) is 12.4. The molecule has 0 unspecified atom stereocenters. The van der Waals surface area contributed by atoms with Gasteiger partial charge in [-0.05, 0) is 35.4 Å². The molecule has 0 radical (unpaired) electrons. The largest absolute Gasteiger partial charge is 1.00 e.